The predicted octanol–water partition coefficient (Wildman–Crippen LogP) is 3.82. The van der Waals surface area contributed by atoms with Crippen molar-refractivity contribution in [1.29, 1.82) is 0 Å². The van der Waals surface area contributed by atoms with E-state index in [9.17, 15) is 14.7 Å². The third-order valence-corrected chi connectivity index (χ3v) is 10.4. The average molecular weight is 604 g/mol. The number of piperidine rings is 1. The standard InChI is InChI=1S/C34H41N3O7/c1-18-14-23(38)28-24(41-18)17-25-27(29(28)39)22-8-3-4-11-34(26(44-34)16-19-6-5-7-20(15-19)31(35)36)32(40)42-30(22)33(2,43-25)21-9-12-37-13-10-21/h5-7,14-15,17,21-22,26,30-31,37,39H,3-4,8-13,16,35-36H2,1-2H3/t22-,26-,30-,33+,34-/m1/s1. The Labute approximate surface area is 256 Å². The number of nitrogens with one attached hydrogen (secondary N) is 1. The van der Waals surface area contributed by atoms with Crippen molar-refractivity contribution in [2.45, 2.75) is 94.3 Å². The molecule has 5 atom stereocenters. The van der Waals surface area contributed by atoms with Crippen molar-refractivity contribution in [1.82, 2.24) is 5.32 Å². The van der Waals surface area contributed by atoms with Crippen molar-refractivity contribution in [3.8, 4) is 11.5 Å². The van der Waals surface area contributed by atoms with Gasteiger partial charge in [-0.1, -0.05) is 30.7 Å². The van der Waals surface area contributed by atoms with Crippen LogP contribution in [-0.4, -0.2) is 47.6 Å². The Bertz CT molecular complexity index is 1660. The van der Waals surface area contributed by atoms with Crippen LogP contribution >= 0.6 is 0 Å². The highest BCUT2D eigenvalue weighted by atomic mass is 16.7. The summed E-state index contributed by atoms with van der Waals surface area (Å²) in [5.41, 5.74) is 12.2. The Morgan fingerprint density at radius 1 is 1.09 bits per heavy atom. The Balaban J connectivity index is 1.27. The van der Waals surface area contributed by atoms with Crippen LogP contribution in [0.25, 0.3) is 11.0 Å². The fourth-order valence-corrected chi connectivity index (χ4v) is 7.95. The number of ether oxygens (including phenoxy) is 3. The highest BCUT2D eigenvalue weighted by Crippen LogP contribution is 2.55. The maximum absolute atomic E-state index is 14.2. The molecule has 6 N–H and O–H groups in total. The van der Waals surface area contributed by atoms with E-state index in [1.54, 1.807) is 13.0 Å². The molecule has 4 aliphatic heterocycles. The molecule has 3 aromatic rings. The minimum absolute atomic E-state index is 0.0930. The van der Waals surface area contributed by atoms with E-state index in [4.69, 9.17) is 30.1 Å². The summed E-state index contributed by atoms with van der Waals surface area (Å²) in [6, 6.07) is 10.9. The molecule has 2 aromatic carbocycles. The lowest BCUT2D eigenvalue weighted by molar-refractivity contribution is -0.180. The van der Waals surface area contributed by atoms with Gasteiger partial charge in [0.25, 0.3) is 0 Å². The van der Waals surface area contributed by atoms with Crippen molar-refractivity contribution < 1.29 is 28.5 Å². The van der Waals surface area contributed by atoms with Gasteiger partial charge in [-0.15, -0.1) is 0 Å². The van der Waals surface area contributed by atoms with Crippen molar-refractivity contribution in [2.24, 2.45) is 17.4 Å². The molecule has 0 bridgehead atoms. The minimum atomic E-state index is -1.05. The van der Waals surface area contributed by atoms with Gasteiger partial charge in [-0.2, -0.15) is 0 Å². The number of esters is 1. The lowest BCUT2D eigenvalue weighted by Crippen LogP contribution is -2.59. The van der Waals surface area contributed by atoms with Gasteiger partial charge < -0.3 is 40.5 Å². The van der Waals surface area contributed by atoms with E-state index in [-0.39, 0.29) is 40.1 Å². The number of phenolic OH excluding ortho intramolecular Hbond substituents is 1. The molecular formula is C34H41N3O7. The van der Waals surface area contributed by atoms with E-state index in [0.29, 0.717) is 36.3 Å². The van der Waals surface area contributed by atoms with Crippen molar-refractivity contribution in [3.05, 3.63) is 69.1 Å². The SMILES string of the molecule is Cc1cc(=O)c2c(O)c3c(cc2o1)O[C@@](C)(C1CCNCC1)[C@@H]1OC(=O)[C@]2(CCCC[C@H]31)O[C@@H]2Cc1cccc(C(N)N)c1. The second-order valence-electron chi connectivity index (χ2n) is 13.2. The molecule has 1 aromatic heterocycles. The fourth-order valence-electron chi connectivity index (χ4n) is 7.95. The summed E-state index contributed by atoms with van der Waals surface area (Å²) < 4.78 is 25.5. The van der Waals surface area contributed by atoms with E-state index < -0.39 is 29.4 Å². The van der Waals surface area contributed by atoms with Gasteiger partial charge in [0.2, 0.25) is 0 Å². The highest BCUT2D eigenvalue weighted by molar-refractivity contribution is 5.88. The van der Waals surface area contributed by atoms with E-state index in [1.807, 2.05) is 31.2 Å². The van der Waals surface area contributed by atoms with Gasteiger partial charge in [0.15, 0.2) is 11.0 Å². The molecular weight excluding hydrogens is 562 g/mol. The van der Waals surface area contributed by atoms with Crippen LogP contribution in [0.2, 0.25) is 0 Å². The summed E-state index contributed by atoms with van der Waals surface area (Å²) in [7, 11) is 0. The number of benzene rings is 2. The van der Waals surface area contributed by atoms with Crippen LogP contribution in [0.1, 0.15) is 80.0 Å². The third kappa shape index (κ3) is 4.79. The monoisotopic (exact) mass is 603 g/mol. The molecule has 3 fully saturated rings. The summed E-state index contributed by atoms with van der Waals surface area (Å²) in [5, 5.41) is 15.2. The number of hydrogen-bond acceptors (Lipinski definition) is 10. The molecule has 0 saturated carbocycles. The van der Waals surface area contributed by atoms with Gasteiger partial charge in [-0.3, -0.25) is 4.79 Å². The molecule has 0 amide bonds. The van der Waals surface area contributed by atoms with E-state index in [1.165, 1.54) is 6.07 Å². The highest BCUT2D eigenvalue weighted by Gasteiger charge is 2.65. The summed E-state index contributed by atoms with van der Waals surface area (Å²) in [5.74, 6) is 0.105. The largest absolute Gasteiger partial charge is 0.507 e. The number of epoxide rings is 1. The van der Waals surface area contributed by atoms with Crippen LogP contribution in [0.15, 0.2) is 45.6 Å². The summed E-state index contributed by atoms with van der Waals surface area (Å²) in [4.78, 5) is 27.2. The van der Waals surface area contributed by atoms with Gasteiger partial charge in [-0.05, 0) is 70.2 Å². The number of carbonyl (C=O) groups excluding carboxylic acids is 1. The predicted molar refractivity (Wildman–Crippen MR) is 163 cm³/mol. The van der Waals surface area contributed by atoms with E-state index in [2.05, 4.69) is 5.32 Å². The maximum atomic E-state index is 14.2. The van der Waals surface area contributed by atoms with Gasteiger partial charge in [0.1, 0.15) is 46.0 Å². The van der Waals surface area contributed by atoms with Crippen LogP contribution in [0, 0.1) is 12.8 Å². The van der Waals surface area contributed by atoms with Crippen LogP contribution in [0.4, 0.5) is 0 Å². The molecule has 44 heavy (non-hydrogen) atoms. The zero-order valence-electron chi connectivity index (χ0n) is 25.3. The number of fused-ring (bicyclic) bond motifs is 4. The third-order valence-electron chi connectivity index (χ3n) is 10.4. The number of carbonyl (C=O) groups is 1. The zero-order chi connectivity index (χ0) is 30.8. The second-order valence-corrected chi connectivity index (χ2v) is 13.2. The normalized spacial score (nSPS) is 30.6. The molecule has 0 unspecified atom stereocenters. The number of aryl methyl sites for hydroxylation is 1. The summed E-state index contributed by atoms with van der Waals surface area (Å²) in [6.45, 7) is 5.40. The van der Waals surface area contributed by atoms with Crippen LogP contribution in [0.3, 0.4) is 0 Å². The molecule has 7 rings (SSSR count). The Morgan fingerprint density at radius 3 is 2.66 bits per heavy atom. The van der Waals surface area contributed by atoms with Crippen molar-refractivity contribution in [3.63, 3.8) is 0 Å². The van der Waals surface area contributed by atoms with Gasteiger partial charge in [0.05, 0.1) is 6.17 Å². The van der Waals surface area contributed by atoms with Gasteiger partial charge >= 0.3 is 5.97 Å². The van der Waals surface area contributed by atoms with Crippen molar-refractivity contribution in [2.75, 3.05) is 13.1 Å². The first-order valence-corrected chi connectivity index (χ1v) is 15.8. The molecule has 1 spiro atoms. The topological polar surface area (TPSA) is 163 Å². The first-order valence-electron chi connectivity index (χ1n) is 15.8. The number of phenols is 1. The average Bonchev–Trinajstić information content (AvgIpc) is 3.68. The molecule has 3 saturated heterocycles. The lowest BCUT2D eigenvalue weighted by atomic mass is 9.69. The zero-order valence-corrected chi connectivity index (χ0v) is 25.3. The molecule has 0 radical (unpaired) electrons. The molecule has 10 nitrogen and oxygen atoms in total. The smallest absolute Gasteiger partial charge is 0.341 e. The summed E-state index contributed by atoms with van der Waals surface area (Å²) in [6.07, 6.45) is 3.37. The van der Waals surface area contributed by atoms with Crippen LogP contribution < -0.4 is 26.9 Å². The minimum Gasteiger partial charge on any atom is -0.507 e. The van der Waals surface area contributed by atoms with Crippen LogP contribution in [0.5, 0.6) is 11.5 Å². The van der Waals surface area contributed by atoms with Crippen molar-refractivity contribution >= 4 is 16.9 Å². The molecule has 5 heterocycles. The number of hydrogen-bond donors (Lipinski definition) is 4. The van der Waals surface area contributed by atoms with E-state index in [0.717, 1.165) is 49.9 Å². The Hall–Kier alpha value is -3.44. The quantitative estimate of drug-likeness (QED) is 0.196. The fraction of sp³-hybridized carbons (Fsp3) is 0.529. The van der Waals surface area contributed by atoms with Gasteiger partial charge in [0, 0.05) is 36.0 Å². The Morgan fingerprint density at radius 2 is 1.89 bits per heavy atom. The Kier molecular flexibility index (Phi) is 7.23. The van der Waals surface area contributed by atoms with E-state index >= 15 is 0 Å². The lowest BCUT2D eigenvalue weighted by Gasteiger charge is -2.50. The van der Waals surface area contributed by atoms with Crippen LogP contribution in [-0.2, 0) is 20.7 Å². The maximum Gasteiger partial charge on any atom is 0.341 e. The molecule has 0 aliphatic carbocycles. The number of nitrogens with two attached hydrogens (primary N) is 2. The summed E-state index contributed by atoms with van der Waals surface area (Å²) >= 11 is 0. The van der Waals surface area contributed by atoms with Gasteiger partial charge in [-0.25, -0.2) is 4.79 Å². The first-order chi connectivity index (χ1) is 21.1. The molecule has 10 heteroatoms. The molecule has 234 valence electrons. The number of rotatable bonds is 4. The second kappa shape index (κ2) is 10.9. The first kappa shape index (κ1) is 29.3. The number of aromatic hydroxyl groups is 1. The molecule has 4 aliphatic rings.